The number of hydrogen-bond donors (Lipinski definition) is 2. The second-order valence-corrected chi connectivity index (χ2v) is 9.03. The fraction of sp³-hybridized carbons (Fsp3) is 0.462. The lowest BCUT2D eigenvalue weighted by Crippen LogP contribution is -2.29. The SMILES string of the molecule is CC=O.CNC1CCN(c2ccc(NC(=O)C3CCC(c4ccc(Cl)cc4)CC3)cc2)C1. The van der Waals surface area contributed by atoms with Crippen molar-refractivity contribution < 1.29 is 9.59 Å². The molecular weight excluding hydrogens is 422 g/mol. The highest BCUT2D eigenvalue weighted by molar-refractivity contribution is 6.30. The van der Waals surface area contributed by atoms with Crippen molar-refractivity contribution in [1.82, 2.24) is 5.32 Å². The first kappa shape index (κ1) is 24.3. The summed E-state index contributed by atoms with van der Waals surface area (Å²) in [7, 11) is 2.02. The highest BCUT2D eigenvalue weighted by Crippen LogP contribution is 2.36. The van der Waals surface area contributed by atoms with Crippen LogP contribution < -0.4 is 15.5 Å². The predicted molar refractivity (Wildman–Crippen MR) is 133 cm³/mol. The predicted octanol–water partition coefficient (Wildman–Crippen LogP) is 5.26. The van der Waals surface area contributed by atoms with Crippen LogP contribution in [0.15, 0.2) is 48.5 Å². The van der Waals surface area contributed by atoms with Crippen molar-refractivity contribution in [2.75, 3.05) is 30.4 Å². The van der Waals surface area contributed by atoms with E-state index in [2.05, 4.69) is 39.8 Å². The summed E-state index contributed by atoms with van der Waals surface area (Å²) >= 11 is 5.99. The van der Waals surface area contributed by atoms with Gasteiger partial charge in [-0.25, -0.2) is 0 Å². The number of carbonyl (C=O) groups is 2. The van der Waals surface area contributed by atoms with Crippen LogP contribution in [-0.4, -0.2) is 38.4 Å². The van der Waals surface area contributed by atoms with E-state index in [-0.39, 0.29) is 11.8 Å². The van der Waals surface area contributed by atoms with Crippen LogP contribution in [0.3, 0.4) is 0 Å². The molecule has 2 fully saturated rings. The van der Waals surface area contributed by atoms with E-state index in [4.69, 9.17) is 16.4 Å². The largest absolute Gasteiger partial charge is 0.370 e. The molecule has 1 unspecified atom stereocenters. The molecule has 2 N–H and O–H groups in total. The van der Waals surface area contributed by atoms with Gasteiger partial charge in [0, 0.05) is 41.4 Å². The van der Waals surface area contributed by atoms with Crippen molar-refractivity contribution in [3.8, 4) is 0 Å². The molecule has 2 aliphatic rings. The van der Waals surface area contributed by atoms with Gasteiger partial charge in [0.25, 0.3) is 0 Å². The molecule has 1 aliphatic heterocycles. The van der Waals surface area contributed by atoms with E-state index in [9.17, 15) is 4.79 Å². The molecule has 6 heteroatoms. The smallest absolute Gasteiger partial charge is 0.227 e. The summed E-state index contributed by atoms with van der Waals surface area (Å²) in [6.45, 7) is 3.56. The standard InChI is InChI=1S/C24H30ClN3O.C2H4O/c1-26-22-14-15-28(16-22)23-12-10-21(11-13-23)27-24(29)19-4-2-17(3-5-19)18-6-8-20(25)9-7-18;1-2-3/h6-13,17,19,22,26H,2-5,14-16H2,1H3,(H,27,29);2H,1H3. The number of nitrogens with zero attached hydrogens (tertiary/aromatic N) is 1. The van der Waals surface area contributed by atoms with Crippen LogP contribution >= 0.6 is 11.6 Å². The number of nitrogens with one attached hydrogen (secondary N) is 2. The van der Waals surface area contributed by atoms with Crippen molar-refractivity contribution in [1.29, 1.82) is 0 Å². The Morgan fingerprint density at radius 2 is 1.62 bits per heavy atom. The van der Waals surface area contributed by atoms with Crippen LogP contribution in [0.4, 0.5) is 11.4 Å². The van der Waals surface area contributed by atoms with E-state index in [0.29, 0.717) is 12.0 Å². The van der Waals surface area contributed by atoms with Gasteiger partial charge in [0.05, 0.1) is 0 Å². The number of amides is 1. The van der Waals surface area contributed by atoms with Crippen LogP contribution in [0.5, 0.6) is 0 Å². The maximum absolute atomic E-state index is 12.7. The highest BCUT2D eigenvalue weighted by atomic mass is 35.5. The quantitative estimate of drug-likeness (QED) is 0.604. The molecule has 2 aromatic rings. The number of anilines is 2. The summed E-state index contributed by atoms with van der Waals surface area (Å²) in [6, 6.07) is 17.0. The number of halogens is 1. The van der Waals surface area contributed by atoms with Gasteiger partial charge in [-0.05, 0) is 94.0 Å². The zero-order valence-electron chi connectivity index (χ0n) is 19.0. The summed E-state index contributed by atoms with van der Waals surface area (Å²) in [5.41, 5.74) is 3.46. The Labute approximate surface area is 196 Å². The summed E-state index contributed by atoms with van der Waals surface area (Å²) < 4.78 is 0. The molecule has 1 aliphatic carbocycles. The maximum Gasteiger partial charge on any atom is 0.227 e. The maximum atomic E-state index is 12.7. The van der Waals surface area contributed by atoms with Crippen molar-refractivity contribution in [2.24, 2.45) is 5.92 Å². The van der Waals surface area contributed by atoms with Gasteiger partial charge in [0.2, 0.25) is 5.91 Å². The summed E-state index contributed by atoms with van der Waals surface area (Å²) in [5, 5.41) is 7.25. The highest BCUT2D eigenvalue weighted by Gasteiger charge is 2.27. The lowest BCUT2D eigenvalue weighted by molar-refractivity contribution is -0.120. The third-order valence-corrected chi connectivity index (χ3v) is 6.79. The summed E-state index contributed by atoms with van der Waals surface area (Å²) in [5.74, 6) is 0.800. The Bertz CT molecular complexity index is 862. The first-order chi connectivity index (χ1) is 15.5. The van der Waals surface area contributed by atoms with Crippen LogP contribution in [0.25, 0.3) is 0 Å². The van der Waals surface area contributed by atoms with E-state index in [1.165, 1.54) is 24.6 Å². The number of aldehydes is 1. The first-order valence-corrected chi connectivity index (χ1v) is 11.9. The normalized spacial score (nSPS) is 22.6. The van der Waals surface area contributed by atoms with E-state index in [1.54, 1.807) is 0 Å². The van der Waals surface area contributed by atoms with E-state index in [0.717, 1.165) is 55.8 Å². The first-order valence-electron chi connectivity index (χ1n) is 11.5. The van der Waals surface area contributed by atoms with E-state index in [1.807, 2.05) is 31.3 Å². The zero-order valence-corrected chi connectivity index (χ0v) is 19.8. The zero-order chi connectivity index (χ0) is 22.9. The third-order valence-electron chi connectivity index (χ3n) is 6.54. The molecule has 5 nitrogen and oxygen atoms in total. The molecule has 0 radical (unpaired) electrons. The molecule has 1 saturated carbocycles. The lowest BCUT2D eigenvalue weighted by atomic mass is 9.78. The molecule has 0 bridgehead atoms. The Balaban J connectivity index is 0.000000913. The van der Waals surface area contributed by atoms with Crippen molar-refractivity contribution in [3.05, 3.63) is 59.1 Å². The Morgan fingerprint density at radius 3 is 2.19 bits per heavy atom. The summed E-state index contributed by atoms with van der Waals surface area (Å²) in [4.78, 5) is 23.9. The summed E-state index contributed by atoms with van der Waals surface area (Å²) in [6.07, 6.45) is 5.92. The second kappa shape index (κ2) is 12.0. The molecule has 4 rings (SSSR count). The fourth-order valence-corrected chi connectivity index (χ4v) is 4.78. The van der Waals surface area contributed by atoms with Crippen LogP contribution in [0.2, 0.25) is 5.02 Å². The van der Waals surface area contributed by atoms with E-state index < -0.39 is 0 Å². The van der Waals surface area contributed by atoms with Gasteiger partial charge in [-0.3, -0.25) is 4.79 Å². The van der Waals surface area contributed by atoms with Crippen molar-refractivity contribution in [2.45, 2.75) is 51.0 Å². The molecule has 2 aromatic carbocycles. The molecule has 1 atom stereocenters. The number of carbonyl (C=O) groups excluding carboxylic acids is 2. The number of rotatable bonds is 5. The molecule has 1 saturated heterocycles. The van der Waals surface area contributed by atoms with Gasteiger partial charge < -0.3 is 20.3 Å². The van der Waals surface area contributed by atoms with Gasteiger partial charge in [-0.1, -0.05) is 23.7 Å². The van der Waals surface area contributed by atoms with Gasteiger partial charge in [-0.2, -0.15) is 0 Å². The average Bonchev–Trinajstić information content (AvgIpc) is 3.30. The number of hydrogen-bond acceptors (Lipinski definition) is 4. The fourth-order valence-electron chi connectivity index (χ4n) is 4.65. The van der Waals surface area contributed by atoms with Gasteiger partial charge in [-0.15, -0.1) is 0 Å². The van der Waals surface area contributed by atoms with Crippen LogP contribution in [0, 0.1) is 5.92 Å². The van der Waals surface area contributed by atoms with Crippen LogP contribution in [-0.2, 0) is 9.59 Å². The van der Waals surface area contributed by atoms with Crippen molar-refractivity contribution in [3.63, 3.8) is 0 Å². The Kier molecular flexibility index (Phi) is 9.12. The number of benzene rings is 2. The monoisotopic (exact) mass is 455 g/mol. The lowest BCUT2D eigenvalue weighted by Gasteiger charge is -2.28. The minimum absolute atomic E-state index is 0.105. The van der Waals surface area contributed by atoms with Crippen molar-refractivity contribution >= 4 is 35.2 Å². The molecule has 1 amide bonds. The topological polar surface area (TPSA) is 61.4 Å². The number of likely N-dealkylation sites (N-methyl/N-ethyl adjacent to an activating group) is 1. The van der Waals surface area contributed by atoms with Crippen LogP contribution in [0.1, 0.15) is 50.5 Å². The molecule has 0 spiro atoms. The minimum atomic E-state index is 0.105. The Hall–Kier alpha value is -2.37. The minimum Gasteiger partial charge on any atom is -0.370 e. The molecule has 172 valence electrons. The molecule has 0 aromatic heterocycles. The molecular formula is C26H34ClN3O2. The van der Waals surface area contributed by atoms with Gasteiger partial charge >= 0.3 is 0 Å². The second-order valence-electron chi connectivity index (χ2n) is 8.59. The third kappa shape index (κ3) is 6.57. The van der Waals surface area contributed by atoms with Gasteiger partial charge in [0.15, 0.2) is 0 Å². The molecule has 32 heavy (non-hydrogen) atoms. The Morgan fingerprint density at radius 1 is 1.00 bits per heavy atom. The van der Waals surface area contributed by atoms with E-state index >= 15 is 0 Å². The average molecular weight is 456 g/mol. The van der Waals surface area contributed by atoms with Gasteiger partial charge in [0.1, 0.15) is 6.29 Å². The molecule has 1 heterocycles.